The zero-order valence-corrected chi connectivity index (χ0v) is 14.2. The third-order valence-electron chi connectivity index (χ3n) is 3.45. The van der Waals surface area contributed by atoms with E-state index in [0.29, 0.717) is 11.6 Å². The monoisotopic (exact) mass is 379 g/mol. The summed E-state index contributed by atoms with van der Waals surface area (Å²) in [5.74, 6) is -0.524. The molecule has 1 atom stereocenters. The first-order valence-electron chi connectivity index (χ1n) is 7.14. The van der Waals surface area contributed by atoms with Crippen molar-refractivity contribution in [2.75, 3.05) is 0 Å². The Morgan fingerprint density at radius 3 is 2.15 bits per heavy atom. The van der Waals surface area contributed by atoms with Crippen molar-refractivity contribution in [1.29, 1.82) is 0 Å². The summed E-state index contributed by atoms with van der Waals surface area (Å²) in [4.78, 5) is 31.1. The third-order valence-corrected chi connectivity index (χ3v) is 4.92. The smallest absolute Gasteiger partial charge is 0.296 e. The number of carbonyl (C=O) groups is 1. The number of Topliss-reactive ketones (excluding diaryl/α,β-unsaturated/α-hetero) is 1. The van der Waals surface area contributed by atoms with E-state index in [1.807, 2.05) is 0 Å². The lowest BCUT2D eigenvalue weighted by Gasteiger charge is -2.16. The Morgan fingerprint density at radius 1 is 1.04 bits per heavy atom. The highest BCUT2D eigenvalue weighted by molar-refractivity contribution is 7.89. The van der Waals surface area contributed by atoms with Crippen LogP contribution < -0.4 is 4.72 Å². The predicted octanol–water partition coefficient (Wildman–Crippen LogP) is 2.11. The molecule has 2 aromatic rings. The van der Waals surface area contributed by atoms with Crippen LogP contribution in [-0.2, 0) is 14.8 Å². The number of nitrogens with one attached hydrogen (secondary N) is 1. The number of hydrogen-bond donors (Lipinski definition) is 1. The topological polar surface area (TPSA) is 150 Å². The summed E-state index contributed by atoms with van der Waals surface area (Å²) >= 11 is 0. The standard InChI is InChI=1S/C15H13N3O7S/c1-10(19)15(11-5-3-2-4-6-11)16-26(24,25)14-8-7-12(17(20)21)9-13(14)18(22)23/h2-9,15-16H,1H3/t15-/m0/s1. The number of nitro benzene ring substituents is 2. The molecule has 136 valence electrons. The van der Waals surface area contributed by atoms with Gasteiger partial charge in [-0.3, -0.25) is 25.0 Å². The maximum absolute atomic E-state index is 12.6. The Balaban J connectivity index is 2.51. The highest BCUT2D eigenvalue weighted by Crippen LogP contribution is 2.29. The van der Waals surface area contributed by atoms with E-state index in [9.17, 15) is 33.4 Å². The zero-order chi connectivity index (χ0) is 19.5. The van der Waals surface area contributed by atoms with Gasteiger partial charge >= 0.3 is 0 Å². The molecule has 11 heteroatoms. The lowest BCUT2D eigenvalue weighted by Crippen LogP contribution is -2.33. The molecule has 0 radical (unpaired) electrons. The molecule has 26 heavy (non-hydrogen) atoms. The van der Waals surface area contributed by atoms with Crippen LogP contribution in [0.1, 0.15) is 18.5 Å². The van der Waals surface area contributed by atoms with Gasteiger partial charge in [0.1, 0.15) is 6.04 Å². The van der Waals surface area contributed by atoms with Gasteiger partial charge in [-0.1, -0.05) is 30.3 Å². The fourth-order valence-corrected chi connectivity index (χ4v) is 3.63. The molecule has 0 aliphatic carbocycles. The highest BCUT2D eigenvalue weighted by atomic mass is 32.2. The van der Waals surface area contributed by atoms with Crippen molar-refractivity contribution in [2.45, 2.75) is 17.9 Å². The van der Waals surface area contributed by atoms with Crippen molar-refractivity contribution in [2.24, 2.45) is 0 Å². The van der Waals surface area contributed by atoms with Crippen LogP contribution in [-0.4, -0.2) is 24.0 Å². The van der Waals surface area contributed by atoms with Gasteiger partial charge < -0.3 is 0 Å². The van der Waals surface area contributed by atoms with E-state index in [1.54, 1.807) is 18.2 Å². The molecule has 2 rings (SSSR count). The zero-order valence-electron chi connectivity index (χ0n) is 13.4. The molecule has 0 saturated carbocycles. The molecular formula is C15H13N3O7S. The molecule has 10 nitrogen and oxygen atoms in total. The number of carbonyl (C=O) groups excluding carboxylic acids is 1. The quantitative estimate of drug-likeness (QED) is 0.571. The maximum atomic E-state index is 12.6. The first-order chi connectivity index (χ1) is 12.1. The van der Waals surface area contributed by atoms with E-state index in [0.717, 1.165) is 12.1 Å². The summed E-state index contributed by atoms with van der Waals surface area (Å²) in [6.07, 6.45) is 0. The predicted molar refractivity (Wildman–Crippen MR) is 89.9 cm³/mol. The minimum absolute atomic E-state index is 0.355. The average molecular weight is 379 g/mol. The lowest BCUT2D eigenvalue weighted by molar-refractivity contribution is -0.396. The lowest BCUT2D eigenvalue weighted by atomic mass is 10.1. The van der Waals surface area contributed by atoms with E-state index < -0.39 is 48.0 Å². The van der Waals surface area contributed by atoms with Gasteiger partial charge in [-0.25, -0.2) is 8.42 Å². The van der Waals surface area contributed by atoms with Gasteiger partial charge in [0, 0.05) is 6.07 Å². The van der Waals surface area contributed by atoms with Gasteiger partial charge in [-0.2, -0.15) is 4.72 Å². The SMILES string of the molecule is CC(=O)[C@H](NS(=O)(=O)c1ccc([N+](=O)[O-])cc1[N+](=O)[O-])c1ccccc1. The van der Waals surface area contributed by atoms with Crippen molar-refractivity contribution >= 4 is 27.2 Å². The van der Waals surface area contributed by atoms with E-state index in [2.05, 4.69) is 4.72 Å². The Kier molecular flexibility index (Phi) is 5.43. The van der Waals surface area contributed by atoms with Gasteiger partial charge in [0.05, 0.1) is 15.9 Å². The number of sulfonamides is 1. The molecule has 0 aliphatic rings. The van der Waals surface area contributed by atoms with E-state index in [4.69, 9.17) is 0 Å². The summed E-state index contributed by atoms with van der Waals surface area (Å²) in [6, 6.07) is 8.85. The van der Waals surface area contributed by atoms with E-state index in [-0.39, 0.29) is 0 Å². The van der Waals surface area contributed by atoms with Crippen LogP contribution in [0.5, 0.6) is 0 Å². The summed E-state index contributed by atoms with van der Waals surface area (Å²) in [7, 11) is -4.51. The molecule has 2 aromatic carbocycles. The van der Waals surface area contributed by atoms with Crippen molar-refractivity contribution in [3.8, 4) is 0 Å². The Morgan fingerprint density at radius 2 is 1.65 bits per heavy atom. The van der Waals surface area contributed by atoms with Gasteiger partial charge in [0.25, 0.3) is 11.4 Å². The van der Waals surface area contributed by atoms with Crippen LogP contribution in [0, 0.1) is 20.2 Å². The van der Waals surface area contributed by atoms with Gasteiger partial charge in [0.2, 0.25) is 10.0 Å². The van der Waals surface area contributed by atoms with E-state index in [1.165, 1.54) is 19.1 Å². The molecule has 0 bridgehead atoms. The molecule has 1 N–H and O–H groups in total. The number of benzene rings is 2. The molecule has 0 heterocycles. The van der Waals surface area contributed by atoms with E-state index >= 15 is 0 Å². The van der Waals surface area contributed by atoms with Crippen LogP contribution >= 0.6 is 0 Å². The normalized spacial score (nSPS) is 12.3. The number of ketones is 1. The average Bonchev–Trinajstić information content (AvgIpc) is 2.59. The second kappa shape index (κ2) is 7.37. The molecule has 0 amide bonds. The fourth-order valence-electron chi connectivity index (χ4n) is 2.24. The number of nitro groups is 2. The molecule has 0 unspecified atom stereocenters. The minimum Gasteiger partial charge on any atom is -0.298 e. The molecular weight excluding hydrogens is 366 g/mol. The van der Waals surface area contributed by atoms with Crippen molar-refractivity contribution in [3.63, 3.8) is 0 Å². The van der Waals surface area contributed by atoms with Gasteiger partial charge in [0.15, 0.2) is 10.7 Å². The maximum Gasteiger partial charge on any atom is 0.296 e. The number of rotatable bonds is 7. The molecule has 0 saturated heterocycles. The first-order valence-corrected chi connectivity index (χ1v) is 8.62. The number of nitrogens with zero attached hydrogens (tertiary/aromatic N) is 2. The van der Waals surface area contributed by atoms with Crippen LogP contribution in [0.4, 0.5) is 11.4 Å². The summed E-state index contributed by atoms with van der Waals surface area (Å²) < 4.78 is 27.3. The number of non-ortho nitro benzene ring substituents is 1. The Hall–Kier alpha value is -3.18. The first kappa shape index (κ1) is 19.1. The largest absolute Gasteiger partial charge is 0.298 e. The highest BCUT2D eigenvalue weighted by Gasteiger charge is 2.32. The van der Waals surface area contributed by atoms with Crippen LogP contribution in [0.2, 0.25) is 0 Å². The second-order valence-electron chi connectivity index (χ2n) is 5.24. The summed E-state index contributed by atoms with van der Waals surface area (Å²) in [6.45, 7) is 1.17. The minimum atomic E-state index is -4.51. The molecule has 0 spiro atoms. The van der Waals surface area contributed by atoms with Gasteiger partial charge in [-0.15, -0.1) is 0 Å². The van der Waals surface area contributed by atoms with Crippen molar-refractivity contribution < 1.29 is 23.1 Å². The molecule has 0 aromatic heterocycles. The second-order valence-corrected chi connectivity index (χ2v) is 6.92. The van der Waals surface area contributed by atoms with Crippen molar-refractivity contribution in [1.82, 2.24) is 4.72 Å². The molecule has 0 aliphatic heterocycles. The number of hydrogen-bond acceptors (Lipinski definition) is 7. The molecule has 0 fully saturated rings. The van der Waals surface area contributed by atoms with Crippen molar-refractivity contribution in [3.05, 3.63) is 74.3 Å². The fraction of sp³-hybridized carbons (Fsp3) is 0.133. The van der Waals surface area contributed by atoms with Gasteiger partial charge in [-0.05, 0) is 18.6 Å². The Bertz CT molecular complexity index is 974. The third kappa shape index (κ3) is 4.07. The van der Waals surface area contributed by atoms with Crippen LogP contribution in [0.3, 0.4) is 0 Å². The summed E-state index contributed by atoms with van der Waals surface area (Å²) in [5.41, 5.74) is -1.22. The Labute approximate surface area is 147 Å². The van der Waals surface area contributed by atoms with Crippen LogP contribution in [0.25, 0.3) is 0 Å². The summed E-state index contributed by atoms with van der Waals surface area (Å²) in [5, 5.41) is 21.9. The van der Waals surface area contributed by atoms with Crippen LogP contribution in [0.15, 0.2) is 53.4 Å².